The highest BCUT2D eigenvalue weighted by atomic mass is 15.2. The van der Waals surface area contributed by atoms with Crippen LogP contribution in [-0.2, 0) is 21.7 Å². The van der Waals surface area contributed by atoms with Gasteiger partial charge in [0.05, 0.1) is 11.4 Å². The summed E-state index contributed by atoms with van der Waals surface area (Å²) < 4.78 is 0. The Morgan fingerprint density at radius 1 is 0.276 bits per heavy atom. The topological polar surface area (TPSA) is 32.3 Å². The molecular formula is C82H75BN4. The van der Waals surface area contributed by atoms with Crippen molar-refractivity contribution < 1.29 is 0 Å². The number of fused-ring (bicyclic) bond motifs is 6. The van der Waals surface area contributed by atoms with Crippen LogP contribution < -0.4 is 26.2 Å². The molecule has 12 aromatic rings. The number of hydrogen-bond acceptors (Lipinski definition) is 4. The third kappa shape index (κ3) is 10.2. The van der Waals surface area contributed by atoms with Gasteiger partial charge in [-0.25, -0.2) is 9.97 Å². The van der Waals surface area contributed by atoms with Crippen molar-refractivity contribution in [2.24, 2.45) is 0 Å². The van der Waals surface area contributed by atoms with Crippen LogP contribution in [0.1, 0.15) is 105 Å². The lowest BCUT2D eigenvalue weighted by Crippen LogP contribution is -2.61. The summed E-state index contributed by atoms with van der Waals surface area (Å²) in [6.07, 6.45) is 0. The Balaban J connectivity index is 1.10. The summed E-state index contributed by atoms with van der Waals surface area (Å²) in [6, 6.07) is 88.8. The fraction of sp³-hybridized carbons (Fsp3) is 0.195. The van der Waals surface area contributed by atoms with E-state index in [4.69, 9.17) is 9.97 Å². The number of anilines is 6. The maximum atomic E-state index is 5.86. The molecule has 2 aliphatic rings. The quantitative estimate of drug-likeness (QED) is 0.149. The van der Waals surface area contributed by atoms with E-state index >= 15 is 0 Å². The van der Waals surface area contributed by atoms with Crippen LogP contribution in [-0.4, -0.2) is 16.7 Å². The highest BCUT2D eigenvalue weighted by Gasteiger charge is 2.44. The second-order valence-corrected chi connectivity index (χ2v) is 28.4. The largest absolute Gasteiger partial charge is 0.311 e. The molecule has 0 N–H and O–H groups in total. The van der Waals surface area contributed by atoms with E-state index in [1.54, 1.807) is 0 Å². The highest BCUT2D eigenvalue weighted by Crippen LogP contribution is 2.49. The van der Waals surface area contributed by atoms with Crippen LogP contribution in [0.2, 0.25) is 0 Å². The van der Waals surface area contributed by atoms with E-state index in [-0.39, 0.29) is 28.4 Å². The van der Waals surface area contributed by atoms with Crippen LogP contribution >= 0.6 is 0 Å². The summed E-state index contributed by atoms with van der Waals surface area (Å²) >= 11 is 0. The fourth-order valence-electron chi connectivity index (χ4n) is 13.1. The summed E-state index contributed by atoms with van der Waals surface area (Å²) in [5, 5.41) is 4.83. The molecule has 0 fully saturated rings. The third-order valence-electron chi connectivity index (χ3n) is 18.2. The predicted octanol–water partition coefficient (Wildman–Crippen LogP) is 20.4. The van der Waals surface area contributed by atoms with Crippen LogP contribution in [0, 0.1) is 0 Å². The van der Waals surface area contributed by atoms with Gasteiger partial charge < -0.3 is 9.80 Å². The van der Waals surface area contributed by atoms with Gasteiger partial charge in [0.15, 0.2) is 5.82 Å². The molecule has 14 rings (SSSR count). The van der Waals surface area contributed by atoms with Crippen LogP contribution in [0.4, 0.5) is 34.1 Å². The van der Waals surface area contributed by atoms with Gasteiger partial charge >= 0.3 is 0 Å². The molecule has 11 aromatic carbocycles. The van der Waals surface area contributed by atoms with Crippen LogP contribution in [0.5, 0.6) is 0 Å². The molecule has 0 amide bonds. The molecule has 3 heterocycles. The van der Waals surface area contributed by atoms with Gasteiger partial charge in [0.25, 0.3) is 6.71 Å². The minimum atomic E-state index is -0.119. The molecule has 0 radical (unpaired) electrons. The zero-order valence-electron chi connectivity index (χ0n) is 52.4. The molecule has 426 valence electrons. The maximum absolute atomic E-state index is 5.86. The Morgan fingerprint density at radius 3 is 0.966 bits per heavy atom. The Morgan fingerprint density at radius 2 is 0.598 bits per heavy atom. The van der Waals surface area contributed by atoms with E-state index in [0.29, 0.717) is 5.82 Å². The summed E-state index contributed by atoms with van der Waals surface area (Å²) in [7, 11) is 0. The SMILES string of the molecule is CC(C)(C)c1cc(-c2cc(-c3cc4c5c(c3)N(c3ccc(-c6ccccc6)cc3)c3cc6ccccc6cc3B5c3cc5ccccc5cc3N4c3ccc(-c4ccccc4)cc3)nc(-c3cc(C(C)(C)C)cc(C(C)(C)C)c3)n2)cc(C(C)(C)C)c1. The van der Waals surface area contributed by atoms with Gasteiger partial charge in [-0.05, 0) is 183 Å². The van der Waals surface area contributed by atoms with E-state index in [0.717, 1.165) is 62.2 Å². The van der Waals surface area contributed by atoms with Gasteiger partial charge in [-0.2, -0.15) is 0 Å². The van der Waals surface area contributed by atoms with Crippen LogP contribution in [0.25, 0.3) is 77.7 Å². The molecule has 87 heavy (non-hydrogen) atoms. The second kappa shape index (κ2) is 20.7. The summed E-state index contributed by atoms with van der Waals surface area (Å²) in [5.74, 6) is 0.706. The molecule has 5 heteroatoms. The fourth-order valence-corrected chi connectivity index (χ4v) is 13.1. The molecule has 0 aliphatic carbocycles. The van der Waals surface area contributed by atoms with Gasteiger partial charge in [0, 0.05) is 50.8 Å². The van der Waals surface area contributed by atoms with Crippen molar-refractivity contribution in [1.29, 1.82) is 0 Å². The molecule has 1 aromatic heterocycles. The first-order valence-corrected chi connectivity index (χ1v) is 31.0. The van der Waals surface area contributed by atoms with Crippen molar-refractivity contribution in [2.45, 2.75) is 105 Å². The Hall–Kier alpha value is -9.32. The zero-order valence-corrected chi connectivity index (χ0v) is 52.4. The van der Waals surface area contributed by atoms with E-state index < -0.39 is 0 Å². The van der Waals surface area contributed by atoms with Crippen molar-refractivity contribution in [1.82, 2.24) is 9.97 Å². The lowest BCUT2D eigenvalue weighted by Gasteiger charge is -2.44. The minimum absolute atomic E-state index is 0.107. The first-order valence-electron chi connectivity index (χ1n) is 31.0. The summed E-state index contributed by atoms with van der Waals surface area (Å²) in [4.78, 5) is 16.7. The standard InChI is InChI=1S/C82H75BN4/c1-79(2,3)63-39-60(40-64(49-63)80(4,5)6)71-51-72(85-78(84-71)62-41-65(81(7,8)9)50-66(42-62)82(10,11)12)61-47-75-77-76(48-61)87(68-37-33-55(34-38-68)53-25-17-14-18-26-53)74-46-59-30-22-20-28-57(59)44-70(74)83(77)69-43-56-27-19-21-29-58(56)45-73(69)86(75)67-35-31-54(32-36-67)52-23-15-13-16-24-52/h13-51H,1-12H3. The number of hydrogen-bond donors (Lipinski definition) is 0. The zero-order chi connectivity index (χ0) is 60.3. The molecule has 0 saturated carbocycles. The average molecular weight is 1130 g/mol. The maximum Gasteiger partial charge on any atom is 0.252 e. The van der Waals surface area contributed by atoms with Gasteiger partial charge in [-0.3, -0.25) is 0 Å². The molecule has 4 nitrogen and oxygen atoms in total. The summed E-state index contributed by atoms with van der Waals surface area (Å²) in [5.41, 5.74) is 24.7. The molecule has 0 spiro atoms. The van der Waals surface area contributed by atoms with Crippen molar-refractivity contribution in [3.8, 4) is 56.2 Å². The van der Waals surface area contributed by atoms with Gasteiger partial charge in [-0.15, -0.1) is 0 Å². The average Bonchev–Trinajstić information content (AvgIpc) is 0.704. The van der Waals surface area contributed by atoms with Gasteiger partial charge in [-0.1, -0.05) is 241 Å². The van der Waals surface area contributed by atoms with Crippen molar-refractivity contribution in [2.75, 3.05) is 9.80 Å². The summed E-state index contributed by atoms with van der Waals surface area (Å²) in [6.45, 7) is 27.6. The van der Waals surface area contributed by atoms with Gasteiger partial charge in [0.1, 0.15) is 0 Å². The molecule has 0 bridgehead atoms. The lowest BCUT2D eigenvalue weighted by molar-refractivity contribution is 0.568. The van der Waals surface area contributed by atoms with E-state index in [1.165, 1.54) is 82.4 Å². The molecular weight excluding hydrogens is 1050 g/mol. The van der Waals surface area contributed by atoms with E-state index in [2.05, 4.69) is 329 Å². The smallest absolute Gasteiger partial charge is 0.252 e. The number of nitrogens with zero attached hydrogens (tertiary/aromatic N) is 4. The van der Waals surface area contributed by atoms with Crippen molar-refractivity contribution in [3.63, 3.8) is 0 Å². The Bertz CT molecular complexity index is 4300. The van der Waals surface area contributed by atoms with E-state index in [1.807, 2.05) is 0 Å². The normalized spacial score (nSPS) is 13.2. The molecule has 2 aliphatic heterocycles. The molecule has 0 atom stereocenters. The number of rotatable bonds is 7. The number of benzene rings is 11. The van der Waals surface area contributed by atoms with E-state index in [9.17, 15) is 0 Å². The lowest BCUT2D eigenvalue weighted by atomic mass is 9.33. The monoisotopic (exact) mass is 1130 g/mol. The van der Waals surface area contributed by atoms with Gasteiger partial charge in [0.2, 0.25) is 0 Å². The van der Waals surface area contributed by atoms with Crippen molar-refractivity contribution >= 4 is 78.8 Å². The third-order valence-corrected chi connectivity index (χ3v) is 18.2. The predicted molar refractivity (Wildman–Crippen MR) is 373 cm³/mol. The van der Waals surface area contributed by atoms with Crippen LogP contribution in [0.15, 0.2) is 237 Å². The Labute approximate surface area is 515 Å². The molecule has 0 saturated heterocycles. The Kier molecular flexibility index (Phi) is 13.2. The first kappa shape index (κ1) is 55.6. The minimum Gasteiger partial charge on any atom is -0.311 e. The molecule has 0 unspecified atom stereocenters. The number of aromatic nitrogens is 2. The highest BCUT2D eigenvalue weighted by molar-refractivity contribution is 7.00. The van der Waals surface area contributed by atoms with Crippen molar-refractivity contribution in [3.05, 3.63) is 259 Å². The van der Waals surface area contributed by atoms with Crippen LogP contribution in [0.3, 0.4) is 0 Å². The first-order chi connectivity index (χ1) is 41.6. The second-order valence-electron chi connectivity index (χ2n) is 28.4.